The molecule has 9 N–H and O–H groups in total. The number of hydrazone groups is 1. The number of nitrogens with zero attached hydrogens (tertiary/aromatic N) is 1. The molecule has 10 nitrogen and oxygen atoms in total. The first-order valence-electron chi connectivity index (χ1n) is 3.45. The molecule has 0 aromatic heterocycles. The van der Waals surface area contributed by atoms with Crippen LogP contribution in [-0.2, 0) is 14.4 Å². The van der Waals surface area contributed by atoms with Gasteiger partial charge in [0.25, 0.3) is 0 Å². The van der Waals surface area contributed by atoms with E-state index >= 15 is 0 Å². The van der Waals surface area contributed by atoms with Crippen LogP contribution in [0.2, 0.25) is 0 Å². The second-order valence-electron chi connectivity index (χ2n) is 2.52. The fourth-order valence-electron chi connectivity index (χ4n) is 0.818. The predicted molar refractivity (Wildman–Crippen MR) is 49.1 cm³/mol. The molecule has 0 radical (unpaired) electrons. The van der Waals surface area contributed by atoms with Gasteiger partial charge in [0.15, 0.2) is 5.71 Å². The van der Waals surface area contributed by atoms with Crippen molar-refractivity contribution < 1.29 is 34.8 Å². The Kier molecular flexibility index (Phi) is 5.71. The van der Waals surface area contributed by atoms with Gasteiger partial charge >= 0.3 is 17.9 Å². The van der Waals surface area contributed by atoms with E-state index in [4.69, 9.17) is 15.3 Å². The summed E-state index contributed by atoms with van der Waals surface area (Å²) in [5, 5.41) is 37.1. The highest BCUT2D eigenvalue weighted by molar-refractivity contribution is 6.43. The molecular weight excluding hydrogens is 226 g/mol. The summed E-state index contributed by atoms with van der Waals surface area (Å²) >= 11 is 0. The van der Waals surface area contributed by atoms with E-state index in [1.807, 2.05) is 0 Å². The van der Waals surface area contributed by atoms with Crippen LogP contribution in [0, 0.1) is 0 Å². The van der Waals surface area contributed by atoms with Gasteiger partial charge in [-0.25, -0.2) is 9.59 Å². The first-order valence-corrected chi connectivity index (χ1v) is 3.45. The Morgan fingerprint density at radius 2 is 1.62 bits per heavy atom. The van der Waals surface area contributed by atoms with Crippen molar-refractivity contribution in [3.8, 4) is 0 Å². The van der Waals surface area contributed by atoms with E-state index in [1.165, 1.54) is 0 Å². The first-order chi connectivity index (χ1) is 6.75. The average Bonchev–Trinajstić information content (AvgIpc) is 2.02. The second kappa shape index (κ2) is 5.63. The van der Waals surface area contributed by atoms with Crippen molar-refractivity contribution in [2.24, 2.45) is 10.9 Å². The monoisotopic (exact) mass is 237 g/mol. The molecule has 92 valence electrons. The van der Waals surface area contributed by atoms with Gasteiger partial charge in [-0.05, 0) is 0 Å². The van der Waals surface area contributed by atoms with Gasteiger partial charge in [0.05, 0.1) is 6.42 Å². The van der Waals surface area contributed by atoms with Crippen LogP contribution in [0.25, 0.3) is 0 Å². The van der Waals surface area contributed by atoms with Gasteiger partial charge in [-0.1, -0.05) is 0 Å². The Hall–Kier alpha value is -2.20. The molecule has 0 spiro atoms. The summed E-state index contributed by atoms with van der Waals surface area (Å²) in [5.41, 5.74) is -4.50. The van der Waals surface area contributed by atoms with E-state index in [9.17, 15) is 19.5 Å². The number of nitrogens with two attached hydrogens (primary N) is 1. The Balaban J connectivity index is 0. The summed E-state index contributed by atoms with van der Waals surface area (Å²) in [6, 6.07) is 0. The zero-order valence-electron chi connectivity index (χ0n) is 7.95. The van der Waals surface area contributed by atoms with Gasteiger partial charge in [0.1, 0.15) is 0 Å². The number of carboxylic acids is 3. The first kappa shape index (κ1) is 16.2. The molecule has 0 aromatic rings. The summed E-state index contributed by atoms with van der Waals surface area (Å²) in [5.74, 6) is -1.11. The molecular formula is C6H11N3O7. The van der Waals surface area contributed by atoms with Crippen molar-refractivity contribution in [3.05, 3.63) is 0 Å². The number of hydrogen-bond acceptors (Lipinski definition) is 7. The number of carboxylic acid groups (broad SMARTS) is 3. The zero-order chi connectivity index (χ0) is 12.2. The third kappa shape index (κ3) is 3.18. The van der Waals surface area contributed by atoms with E-state index in [1.54, 1.807) is 0 Å². The molecule has 10 heteroatoms. The summed E-state index contributed by atoms with van der Waals surface area (Å²) in [7, 11) is 0. The van der Waals surface area contributed by atoms with E-state index in [-0.39, 0.29) is 6.15 Å². The molecule has 0 fully saturated rings. The van der Waals surface area contributed by atoms with Gasteiger partial charge < -0.3 is 32.4 Å². The van der Waals surface area contributed by atoms with Gasteiger partial charge in [-0.3, -0.25) is 4.79 Å². The van der Waals surface area contributed by atoms with Gasteiger partial charge in [0.2, 0.25) is 5.60 Å². The lowest BCUT2D eigenvalue weighted by Gasteiger charge is -2.19. The van der Waals surface area contributed by atoms with E-state index in [0.717, 1.165) is 0 Å². The van der Waals surface area contributed by atoms with Gasteiger partial charge in [-0.2, -0.15) is 5.10 Å². The molecule has 1 atom stereocenters. The molecule has 0 aliphatic heterocycles. The Morgan fingerprint density at radius 3 is 1.81 bits per heavy atom. The third-order valence-electron chi connectivity index (χ3n) is 1.48. The van der Waals surface area contributed by atoms with Crippen LogP contribution in [0.15, 0.2) is 5.10 Å². The number of hydrogen-bond donors (Lipinski definition) is 6. The largest absolute Gasteiger partial charge is 0.481 e. The van der Waals surface area contributed by atoms with Gasteiger partial charge in [-0.15, -0.1) is 0 Å². The van der Waals surface area contributed by atoms with Crippen LogP contribution in [-0.4, -0.2) is 49.6 Å². The van der Waals surface area contributed by atoms with Crippen LogP contribution in [0.3, 0.4) is 0 Å². The number of aliphatic hydroxyl groups is 1. The molecule has 0 aromatic carbocycles. The maximum atomic E-state index is 10.5. The van der Waals surface area contributed by atoms with Crippen molar-refractivity contribution in [2.75, 3.05) is 0 Å². The predicted octanol–water partition coefficient (Wildman–Crippen LogP) is -2.16. The lowest BCUT2D eigenvalue weighted by Crippen LogP contribution is -2.52. The van der Waals surface area contributed by atoms with Crippen LogP contribution in [0.1, 0.15) is 6.42 Å². The highest BCUT2D eigenvalue weighted by atomic mass is 16.4. The summed E-state index contributed by atoms with van der Waals surface area (Å²) < 4.78 is 0. The topological polar surface area (TPSA) is 206 Å². The number of rotatable bonds is 5. The van der Waals surface area contributed by atoms with Crippen LogP contribution >= 0.6 is 0 Å². The Bertz CT molecular complexity index is 339. The Morgan fingerprint density at radius 1 is 1.19 bits per heavy atom. The number of aliphatic carboxylic acids is 3. The smallest absolute Gasteiger partial charge is 0.355 e. The fourth-order valence-corrected chi connectivity index (χ4v) is 0.818. The zero-order valence-corrected chi connectivity index (χ0v) is 7.95. The highest BCUT2D eigenvalue weighted by Gasteiger charge is 2.47. The molecule has 16 heavy (non-hydrogen) atoms. The summed E-state index contributed by atoms with van der Waals surface area (Å²) in [4.78, 5) is 31.2. The minimum atomic E-state index is -3.15. The van der Waals surface area contributed by atoms with Crippen LogP contribution in [0.5, 0.6) is 0 Å². The maximum absolute atomic E-state index is 10.5. The molecule has 0 aliphatic carbocycles. The molecule has 0 saturated carbocycles. The third-order valence-corrected chi connectivity index (χ3v) is 1.48. The Labute approximate surface area is 88.6 Å². The van der Waals surface area contributed by atoms with Crippen molar-refractivity contribution >= 4 is 23.6 Å². The molecule has 0 aliphatic rings. The lowest BCUT2D eigenvalue weighted by molar-refractivity contribution is -0.159. The molecule has 0 amide bonds. The van der Waals surface area contributed by atoms with Gasteiger partial charge in [0, 0.05) is 0 Å². The number of carbonyl (C=O) groups is 3. The van der Waals surface area contributed by atoms with Crippen LogP contribution < -0.4 is 12.0 Å². The molecule has 0 bridgehead atoms. The van der Waals surface area contributed by atoms with Crippen molar-refractivity contribution in [1.82, 2.24) is 6.15 Å². The normalized spacial score (nSPS) is 14.4. The van der Waals surface area contributed by atoms with E-state index in [2.05, 4.69) is 10.9 Å². The molecule has 0 rings (SSSR count). The second-order valence-corrected chi connectivity index (χ2v) is 2.52. The lowest BCUT2D eigenvalue weighted by atomic mass is 9.93. The summed E-state index contributed by atoms with van der Waals surface area (Å²) in [6.45, 7) is 0. The quantitative estimate of drug-likeness (QED) is 0.174. The minimum absolute atomic E-state index is 0. The van der Waals surface area contributed by atoms with Crippen molar-refractivity contribution in [1.29, 1.82) is 0 Å². The summed E-state index contributed by atoms with van der Waals surface area (Å²) in [6.07, 6.45) is -1.36. The van der Waals surface area contributed by atoms with Crippen molar-refractivity contribution in [3.63, 3.8) is 0 Å². The van der Waals surface area contributed by atoms with Crippen molar-refractivity contribution in [2.45, 2.75) is 12.0 Å². The maximum Gasteiger partial charge on any atom is 0.355 e. The SMILES string of the molecule is N.NN=C(C(=O)O)C(O)(CC(=O)O)C(=O)O. The van der Waals surface area contributed by atoms with E-state index < -0.39 is 35.6 Å². The van der Waals surface area contributed by atoms with Crippen LogP contribution in [0.4, 0.5) is 0 Å². The average molecular weight is 237 g/mol. The molecule has 1 unspecified atom stereocenters. The van der Waals surface area contributed by atoms with E-state index in [0.29, 0.717) is 0 Å². The molecule has 0 heterocycles. The fraction of sp³-hybridized carbons (Fsp3) is 0.333. The minimum Gasteiger partial charge on any atom is -0.481 e. The molecule has 0 saturated heterocycles. The highest BCUT2D eigenvalue weighted by Crippen LogP contribution is 2.13. The standard InChI is InChI=1S/C6H8N2O7.H3N/c7-8-3(4(11)12)6(15,5(13)14)1-2(9)10;/h15H,1,7H2,(H,9,10)(H,11,12)(H,13,14);1H3.